The van der Waals surface area contributed by atoms with Gasteiger partial charge in [-0.05, 0) is 65.4 Å². The van der Waals surface area contributed by atoms with Crippen LogP contribution in [0.2, 0.25) is 10.0 Å². The minimum Gasteiger partial charge on any atom is -0.495 e. The number of benzene rings is 3. The van der Waals surface area contributed by atoms with Gasteiger partial charge in [-0.15, -0.1) is 0 Å². The molecule has 3 aromatic rings. The van der Waals surface area contributed by atoms with Gasteiger partial charge in [0, 0.05) is 33.3 Å². The molecule has 3 aromatic carbocycles. The summed E-state index contributed by atoms with van der Waals surface area (Å²) in [5.74, 6) is -1.54. The molecule has 0 aromatic heterocycles. The predicted octanol–water partition coefficient (Wildman–Crippen LogP) is 5.49. The number of nitrogens with one attached hydrogen (secondary N) is 3. The van der Waals surface area contributed by atoms with Gasteiger partial charge >= 0.3 is 0 Å². The summed E-state index contributed by atoms with van der Waals surface area (Å²) < 4.78 is 5.44. The summed E-state index contributed by atoms with van der Waals surface area (Å²) in [7, 11) is 1.44. The topological polar surface area (TPSA) is 123 Å². The first-order valence-electron chi connectivity index (χ1n) is 13.3. The third-order valence-electron chi connectivity index (χ3n) is 7.86. The van der Waals surface area contributed by atoms with E-state index >= 15 is 0 Å². The van der Waals surface area contributed by atoms with Gasteiger partial charge in [-0.3, -0.25) is 14.4 Å². The second kappa shape index (κ2) is 10.7. The van der Waals surface area contributed by atoms with Crippen molar-refractivity contribution in [2.75, 3.05) is 17.7 Å². The van der Waals surface area contributed by atoms with Gasteiger partial charge in [0.1, 0.15) is 11.2 Å². The number of hydrogen-bond donors (Lipinski definition) is 4. The Kier molecular flexibility index (Phi) is 7.53. The van der Waals surface area contributed by atoms with Crippen LogP contribution in [0.25, 0.3) is 0 Å². The third-order valence-corrected chi connectivity index (χ3v) is 8.33. The molecule has 0 aliphatic carbocycles. The fourth-order valence-electron chi connectivity index (χ4n) is 6.28. The third kappa shape index (κ3) is 5.16. The van der Waals surface area contributed by atoms with Crippen LogP contribution in [0.1, 0.15) is 54.6 Å². The van der Waals surface area contributed by atoms with Crippen molar-refractivity contribution in [1.82, 2.24) is 5.32 Å². The summed E-state index contributed by atoms with van der Waals surface area (Å²) >= 11 is 12.8. The number of nitrogens with two attached hydrogens (primary N) is 1. The van der Waals surface area contributed by atoms with Crippen LogP contribution in [0.5, 0.6) is 5.75 Å². The molecule has 2 aliphatic heterocycles. The van der Waals surface area contributed by atoms with E-state index in [1.54, 1.807) is 30.3 Å². The number of halogens is 2. The number of carbonyl (C=O) groups is 3. The van der Waals surface area contributed by atoms with Crippen molar-refractivity contribution in [3.05, 3.63) is 87.4 Å². The number of methoxy groups -OCH3 is 1. The van der Waals surface area contributed by atoms with Crippen LogP contribution < -0.4 is 26.4 Å². The SMILES string of the molecule is COc1cc(C(N)=O)ccc1NC(=O)C1NC(CC(C)(C)C)C2(C(=O)Nc3cc(Cl)ccc32)C1c1cccc(Cl)c1. The number of ether oxygens (including phenoxy) is 1. The minimum absolute atomic E-state index is 0.182. The van der Waals surface area contributed by atoms with Crippen molar-refractivity contribution in [1.29, 1.82) is 0 Å². The van der Waals surface area contributed by atoms with E-state index in [-0.39, 0.29) is 28.5 Å². The summed E-state index contributed by atoms with van der Waals surface area (Å²) in [5, 5.41) is 10.6. The molecule has 1 spiro atoms. The highest BCUT2D eigenvalue weighted by molar-refractivity contribution is 6.31. The lowest BCUT2D eigenvalue weighted by Crippen LogP contribution is -2.49. The van der Waals surface area contributed by atoms with Crippen molar-refractivity contribution in [2.24, 2.45) is 11.1 Å². The quantitative estimate of drug-likeness (QED) is 0.300. The molecule has 4 unspecified atom stereocenters. The average Bonchev–Trinajstić information content (AvgIpc) is 3.37. The minimum atomic E-state index is -1.14. The van der Waals surface area contributed by atoms with Crippen LogP contribution in [0, 0.1) is 5.41 Å². The lowest BCUT2D eigenvalue weighted by molar-refractivity contribution is -0.122. The molecular formula is C31H32Cl2N4O4. The number of fused-ring (bicyclic) bond motifs is 2. The van der Waals surface area contributed by atoms with Crippen molar-refractivity contribution in [3.63, 3.8) is 0 Å². The summed E-state index contributed by atoms with van der Waals surface area (Å²) in [6.45, 7) is 6.31. The van der Waals surface area contributed by atoms with Crippen molar-refractivity contribution >= 4 is 52.3 Å². The molecule has 5 rings (SSSR count). The fourth-order valence-corrected chi connectivity index (χ4v) is 6.65. The summed E-state index contributed by atoms with van der Waals surface area (Å²) in [5.41, 5.74) is 6.87. The van der Waals surface area contributed by atoms with E-state index < -0.39 is 29.3 Å². The van der Waals surface area contributed by atoms with E-state index in [4.69, 9.17) is 33.7 Å². The van der Waals surface area contributed by atoms with E-state index in [0.29, 0.717) is 27.8 Å². The van der Waals surface area contributed by atoms with Crippen LogP contribution in [-0.2, 0) is 15.0 Å². The number of amides is 3. The Balaban J connectivity index is 1.67. The van der Waals surface area contributed by atoms with Crippen LogP contribution in [0.15, 0.2) is 60.7 Å². The van der Waals surface area contributed by atoms with Gasteiger partial charge in [0.25, 0.3) is 0 Å². The molecule has 0 radical (unpaired) electrons. The van der Waals surface area contributed by atoms with Gasteiger partial charge < -0.3 is 26.4 Å². The molecule has 0 bridgehead atoms. The van der Waals surface area contributed by atoms with Crippen molar-refractivity contribution < 1.29 is 19.1 Å². The van der Waals surface area contributed by atoms with Gasteiger partial charge in [0.15, 0.2) is 0 Å². The van der Waals surface area contributed by atoms with Crippen LogP contribution in [0.4, 0.5) is 11.4 Å². The standard InChI is InChI=1S/C31H32Cl2N4O4/c1-30(2,3)15-24-31(20-10-9-19(33)14-22(20)36-29(31)40)25(16-6-5-7-18(32)12-16)26(37-24)28(39)35-21-11-8-17(27(34)38)13-23(21)41-4/h5-14,24-26,37H,15H2,1-4H3,(H2,34,38)(H,35,39)(H,36,40). The second-order valence-electron chi connectivity index (χ2n) is 11.8. The largest absolute Gasteiger partial charge is 0.495 e. The van der Waals surface area contributed by atoms with E-state index in [1.165, 1.54) is 19.2 Å². The van der Waals surface area contributed by atoms with E-state index in [1.807, 2.05) is 18.2 Å². The van der Waals surface area contributed by atoms with Gasteiger partial charge in [0.2, 0.25) is 17.7 Å². The van der Waals surface area contributed by atoms with Gasteiger partial charge in [-0.1, -0.05) is 62.2 Å². The molecule has 2 aliphatic rings. The molecule has 10 heteroatoms. The maximum absolute atomic E-state index is 14.2. The monoisotopic (exact) mass is 594 g/mol. The highest BCUT2D eigenvalue weighted by atomic mass is 35.5. The van der Waals surface area contributed by atoms with Gasteiger partial charge in [-0.2, -0.15) is 0 Å². The first kappa shape index (κ1) is 28.9. The molecule has 2 heterocycles. The summed E-state index contributed by atoms with van der Waals surface area (Å²) in [6, 6.07) is 16.0. The first-order chi connectivity index (χ1) is 19.3. The zero-order chi connectivity index (χ0) is 29.7. The van der Waals surface area contributed by atoms with Crippen LogP contribution >= 0.6 is 23.2 Å². The van der Waals surface area contributed by atoms with E-state index in [9.17, 15) is 14.4 Å². The predicted molar refractivity (Wildman–Crippen MR) is 161 cm³/mol. The molecule has 41 heavy (non-hydrogen) atoms. The summed E-state index contributed by atoms with van der Waals surface area (Å²) in [6.07, 6.45) is 0.597. The molecule has 0 saturated carbocycles. The fraction of sp³-hybridized carbons (Fsp3) is 0.323. The van der Waals surface area contributed by atoms with E-state index in [0.717, 1.165) is 11.1 Å². The second-order valence-corrected chi connectivity index (χ2v) is 12.6. The number of carbonyl (C=O) groups excluding carboxylic acids is 3. The lowest BCUT2D eigenvalue weighted by atomic mass is 9.62. The molecule has 1 saturated heterocycles. The Morgan fingerprint density at radius 1 is 1.05 bits per heavy atom. The normalized spacial score (nSPS) is 23.3. The molecule has 8 nitrogen and oxygen atoms in total. The van der Waals surface area contributed by atoms with Crippen LogP contribution in [-0.4, -0.2) is 36.9 Å². The molecular weight excluding hydrogens is 563 g/mol. The smallest absolute Gasteiger partial charge is 0.248 e. The molecule has 3 amide bonds. The Labute approximate surface area is 248 Å². The highest BCUT2D eigenvalue weighted by Gasteiger charge is 2.65. The number of rotatable bonds is 6. The Hall–Kier alpha value is -3.59. The molecule has 4 atom stereocenters. The lowest BCUT2D eigenvalue weighted by Gasteiger charge is -2.37. The maximum Gasteiger partial charge on any atom is 0.248 e. The average molecular weight is 596 g/mol. The zero-order valence-electron chi connectivity index (χ0n) is 23.2. The maximum atomic E-state index is 14.2. The molecule has 1 fully saturated rings. The van der Waals surface area contributed by atoms with Crippen molar-refractivity contribution in [2.45, 2.75) is 50.6 Å². The van der Waals surface area contributed by atoms with E-state index in [2.05, 4.69) is 36.7 Å². The van der Waals surface area contributed by atoms with Gasteiger partial charge in [0.05, 0.1) is 18.8 Å². The number of hydrogen-bond acceptors (Lipinski definition) is 5. The van der Waals surface area contributed by atoms with Gasteiger partial charge in [-0.25, -0.2) is 0 Å². The Bertz CT molecular complexity index is 1550. The highest BCUT2D eigenvalue weighted by Crippen LogP contribution is 2.56. The zero-order valence-corrected chi connectivity index (χ0v) is 24.7. The molecule has 214 valence electrons. The first-order valence-corrected chi connectivity index (χ1v) is 14.0. The number of primary amides is 1. The van der Waals surface area contributed by atoms with Crippen LogP contribution in [0.3, 0.4) is 0 Å². The number of anilines is 2. The Morgan fingerprint density at radius 2 is 1.78 bits per heavy atom. The van der Waals surface area contributed by atoms with Crippen molar-refractivity contribution in [3.8, 4) is 5.75 Å². The summed E-state index contributed by atoms with van der Waals surface area (Å²) in [4.78, 5) is 40.1. The molecule has 5 N–H and O–H groups in total. The Morgan fingerprint density at radius 3 is 2.44 bits per heavy atom.